The van der Waals surface area contributed by atoms with E-state index in [0.717, 1.165) is 41.3 Å². The van der Waals surface area contributed by atoms with Crippen LogP contribution in [0.4, 0.5) is 0 Å². The molecular weight excluding hydrogens is 324 g/mol. The van der Waals surface area contributed by atoms with Crippen molar-refractivity contribution in [1.82, 2.24) is 0 Å². The molecule has 122 valence electrons. The number of fused-ring (bicyclic) bond motifs is 3. The summed E-state index contributed by atoms with van der Waals surface area (Å²) in [6.45, 7) is 2.47. The maximum absolute atomic E-state index is 12.1. The van der Waals surface area contributed by atoms with Gasteiger partial charge in [0, 0.05) is 17.0 Å². The van der Waals surface area contributed by atoms with Gasteiger partial charge >= 0.3 is 5.63 Å². The van der Waals surface area contributed by atoms with Crippen LogP contribution < -0.4 is 10.4 Å². The highest BCUT2D eigenvalue weighted by Gasteiger charge is 2.20. The Kier molecular flexibility index (Phi) is 3.81. The fourth-order valence-electron chi connectivity index (χ4n) is 3.32. The van der Waals surface area contributed by atoms with Gasteiger partial charge in [-0.15, -0.1) is 0 Å². The molecule has 0 radical (unpaired) electrons. The zero-order chi connectivity index (χ0) is 16.7. The Morgan fingerprint density at radius 1 is 1.17 bits per heavy atom. The van der Waals surface area contributed by atoms with E-state index < -0.39 is 0 Å². The Morgan fingerprint density at radius 3 is 2.79 bits per heavy atom. The number of halogens is 1. The fraction of sp³-hybridized carbons (Fsp3) is 0.250. The van der Waals surface area contributed by atoms with E-state index in [1.54, 1.807) is 6.07 Å². The van der Waals surface area contributed by atoms with Gasteiger partial charge in [0.1, 0.15) is 17.9 Å². The zero-order valence-electron chi connectivity index (χ0n) is 13.4. The molecule has 0 spiro atoms. The standard InChI is InChI=1S/C20H17ClO3/c1-12-5-2-3-6-13(12)11-23-19-10-18-16(9-17(19)21)14-7-4-8-15(14)20(22)24-18/h2-3,5-6,9-10H,4,7-8,11H2,1H3. The first kappa shape index (κ1) is 15.3. The highest BCUT2D eigenvalue weighted by molar-refractivity contribution is 6.32. The van der Waals surface area contributed by atoms with Gasteiger partial charge in [-0.2, -0.15) is 0 Å². The highest BCUT2D eigenvalue weighted by Crippen LogP contribution is 2.35. The number of hydrogen-bond donors (Lipinski definition) is 0. The SMILES string of the molecule is Cc1ccccc1COc1cc2oc(=O)c3c(c2cc1Cl)CCC3. The monoisotopic (exact) mass is 340 g/mol. The van der Waals surface area contributed by atoms with Gasteiger partial charge in [-0.05, 0) is 48.9 Å². The lowest BCUT2D eigenvalue weighted by Crippen LogP contribution is -2.07. The van der Waals surface area contributed by atoms with Gasteiger partial charge in [0.15, 0.2) is 0 Å². The van der Waals surface area contributed by atoms with Gasteiger partial charge < -0.3 is 9.15 Å². The van der Waals surface area contributed by atoms with Gasteiger partial charge in [0.05, 0.1) is 5.02 Å². The molecule has 1 aromatic heterocycles. The summed E-state index contributed by atoms with van der Waals surface area (Å²) in [5.41, 5.74) is 4.45. The van der Waals surface area contributed by atoms with Crippen LogP contribution in [0.15, 0.2) is 45.6 Å². The first-order valence-corrected chi connectivity index (χ1v) is 8.46. The molecule has 0 atom stereocenters. The molecule has 0 saturated carbocycles. The summed E-state index contributed by atoms with van der Waals surface area (Å²) in [6, 6.07) is 11.6. The lowest BCUT2D eigenvalue weighted by atomic mass is 10.1. The summed E-state index contributed by atoms with van der Waals surface area (Å²) >= 11 is 6.41. The van der Waals surface area contributed by atoms with Crippen molar-refractivity contribution < 1.29 is 9.15 Å². The van der Waals surface area contributed by atoms with E-state index in [1.807, 2.05) is 37.3 Å². The smallest absolute Gasteiger partial charge is 0.339 e. The van der Waals surface area contributed by atoms with Crippen molar-refractivity contribution in [1.29, 1.82) is 0 Å². The lowest BCUT2D eigenvalue weighted by molar-refractivity contribution is 0.305. The Bertz CT molecular complexity index is 988. The van der Waals surface area contributed by atoms with Crippen LogP contribution in [-0.2, 0) is 19.4 Å². The first-order valence-electron chi connectivity index (χ1n) is 8.09. The number of hydrogen-bond acceptors (Lipinski definition) is 3. The second-order valence-corrected chi connectivity index (χ2v) is 6.60. The van der Waals surface area contributed by atoms with Gasteiger partial charge in [0.25, 0.3) is 0 Å². The fourth-order valence-corrected chi connectivity index (χ4v) is 3.54. The van der Waals surface area contributed by atoms with Crippen molar-refractivity contribution in [2.75, 3.05) is 0 Å². The molecule has 2 aromatic carbocycles. The predicted octanol–water partition coefficient (Wildman–Crippen LogP) is 4.82. The molecule has 0 unspecified atom stereocenters. The average Bonchev–Trinajstić information content (AvgIpc) is 3.06. The lowest BCUT2D eigenvalue weighted by Gasteiger charge is -2.12. The molecule has 0 aliphatic heterocycles. The average molecular weight is 341 g/mol. The molecule has 0 bridgehead atoms. The van der Waals surface area contributed by atoms with Gasteiger partial charge in [-0.1, -0.05) is 35.9 Å². The van der Waals surface area contributed by atoms with Crippen molar-refractivity contribution in [2.24, 2.45) is 0 Å². The molecule has 0 N–H and O–H groups in total. The molecule has 1 heterocycles. The van der Waals surface area contributed by atoms with Crippen LogP contribution in [-0.4, -0.2) is 0 Å². The zero-order valence-corrected chi connectivity index (χ0v) is 14.2. The Hall–Kier alpha value is -2.26. The van der Waals surface area contributed by atoms with Crippen LogP contribution in [0.25, 0.3) is 11.0 Å². The van der Waals surface area contributed by atoms with Gasteiger partial charge in [0.2, 0.25) is 0 Å². The second-order valence-electron chi connectivity index (χ2n) is 6.19. The van der Waals surface area contributed by atoms with E-state index in [1.165, 1.54) is 5.56 Å². The van der Waals surface area contributed by atoms with E-state index in [9.17, 15) is 4.79 Å². The summed E-state index contributed by atoms with van der Waals surface area (Å²) in [4.78, 5) is 12.1. The summed E-state index contributed by atoms with van der Waals surface area (Å²) < 4.78 is 11.4. The van der Waals surface area contributed by atoms with E-state index in [4.69, 9.17) is 20.8 Å². The first-order chi connectivity index (χ1) is 11.6. The summed E-state index contributed by atoms with van der Waals surface area (Å²) in [5.74, 6) is 0.536. The van der Waals surface area contributed by atoms with Crippen molar-refractivity contribution in [2.45, 2.75) is 32.8 Å². The molecule has 3 aromatic rings. The van der Waals surface area contributed by atoms with E-state index in [2.05, 4.69) is 0 Å². The summed E-state index contributed by atoms with van der Waals surface area (Å²) in [7, 11) is 0. The Balaban J connectivity index is 1.72. The largest absolute Gasteiger partial charge is 0.487 e. The summed E-state index contributed by atoms with van der Waals surface area (Å²) in [5, 5.41) is 1.47. The molecule has 1 aliphatic carbocycles. The van der Waals surface area contributed by atoms with Crippen LogP contribution in [0, 0.1) is 6.92 Å². The van der Waals surface area contributed by atoms with E-state index in [-0.39, 0.29) is 5.63 Å². The molecule has 0 amide bonds. The minimum atomic E-state index is -0.234. The highest BCUT2D eigenvalue weighted by atomic mass is 35.5. The van der Waals surface area contributed by atoms with Crippen LogP contribution in [0.2, 0.25) is 5.02 Å². The van der Waals surface area contributed by atoms with Crippen molar-refractivity contribution in [3.05, 3.63) is 74.1 Å². The molecule has 4 rings (SSSR count). The van der Waals surface area contributed by atoms with Crippen molar-refractivity contribution in [3.63, 3.8) is 0 Å². The van der Waals surface area contributed by atoms with Gasteiger partial charge in [-0.3, -0.25) is 0 Å². The van der Waals surface area contributed by atoms with E-state index in [0.29, 0.717) is 23.0 Å². The summed E-state index contributed by atoms with van der Waals surface area (Å²) in [6.07, 6.45) is 2.68. The van der Waals surface area contributed by atoms with Gasteiger partial charge in [-0.25, -0.2) is 4.79 Å². The third kappa shape index (κ3) is 2.59. The van der Waals surface area contributed by atoms with Crippen LogP contribution >= 0.6 is 11.6 Å². The molecule has 0 fully saturated rings. The molecule has 24 heavy (non-hydrogen) atoms. The number of rotatable bonds is 3. The third-order valence-corrected chi connectivity index (χ3v) is 4.97. The third-order valence-electron chi connectivity index (χ3n) is 4.67. The molecule has 3 nitrogen and oxygen atoms in total. The normalized spacial score (nSPS) is 13.2. The number of benzene rings is 2. The minimum Gasteiger partial charge on any atom is -0.487 e. The molecule has 1 aliphatic rings. The molecular formula is C20H17ClO3. The molecule has 0 saturated heterocycles. The quantitative estimate of drug-likeness (QED) is 0.641. The van der Waals surface area contributed by atoms with Crippen LogP contribution in [0.5, 0.6) is 5.75 Å². The Morgan fingerprint density at radius 2 is 1.96 bits per heavy atom. The maximum Gasteiger partial charge on any atom is 0.339 e. The van der Waals surface area contributed by atoms with Crippen molar-refractivity contribution >= 4 is 22.6 Å². The number of ether oxygens (including phenoxy) is 1. The second kappa shape index (κ2) is 5.99. The van der Waals surface area contributed by atoms with Crippen LogP contribution in [0.3, 0.4) is 0 Å². The maximum atomic E-state index is 12.1. The van der Waals surface area contributed by atoms with Crippen LogP contribution in [0.1, 0.15) is 28.7 Å². The Labute approximate surface area is 144 Å². The van der Waals surface area contributed by atoms with E-state index >= 15 is 0 Å². The predicted molar refractivity (Wildman–Crippen MR) is 95.0 cm³/mol. The molecule has 4 heteroatoms. The van der Waals surface area contributed by atoms with Crippen molar-refractivity contribution in [3.8, 4) is 5.75 Å². The number of aryl methyl sites for hydroxylation is 2. The topological polar surface area (TPSA) is 39.4 Å². The minimum absolute atomic E-state index is 0.234.